The van der Waals surface area contributed by atoms with E-state index in [4.69, 9.17) is 19.1 Å². The van der Waals surface area contributed by atoms with Gasteiger partial charge in [-0.1, -0.05) is 39.8 Å². The molecule has 1 aromatic carbocycles. The fourth-order valence-corrected chi connectivity index (χ4v) is 3.63. The van der Waals surface area contributed by atoms with Gasteiger partial charge in [0.25, 0.3) is 0 Å². The number of halogens is 1. The highest BCUT2D eigenvalue weighted by Crippen LogP contribution is 2.18. The van der Waals surface area contributed by atoms with Crippen molar-refractivity contribution in [3.63, 3.8) is 0 Å². The van der Waals surface area contributed by atoms with Crippen molar-refractivity contribution in [3.8, 4) is 0 Å². The van der Waals surface area contributed by atoms with Crippen LogP contribution in [0.1, 0.15) is 62.0 Å². The van der Waals surface area contributed by atoms with E-state index in [-0.39, 0.29) is 4.90 Å². The predicted octanol–water partition coefficient (Wildman–Crippen LogP) is -0.148. The minimum Gasteiger partial charge on any atom is -0.357 e. The molecular weight excluding hydrogens is 416 g/mol. The molecule has 0 unspecified atom stereocenters. The van der Waals surface area contributed by atoms with Gasteiger partial charge < -0.3 is 14.0 Å². The van der Waals surface area contributed by atoms with Crippen molar-refractivity contribution >= 4 is 10.0 Å². The number of aryl methyl sites for hydroxylation is 2. The molecule has 0 spiro atoms. The molecule has 0 aliphatic heterocycles. The molecule has 162 valence electrons. The van der Waals surface area contributed by atoms with Crippen LogP contribution < -0.4 is 23.7 Å². The van der Waals surface area contributed by atoms with Gasteiger partial charge in [-0.05, 0) is 30.2 Å². The maximum Gasteiger partial charge on any atom is 0.238 e. The van der Waals surface area contributed by atoms with Crippen LogP contribution in [0.3, 0.4) is 0 Å². The molecule has 0 saturated heterocycles. The molecule has 7 nitrogen and oxygen atoms in total. The molecule has 2 rings (SSSR count). The Morgan fingerprint density at radius 1 is 0.966 bits per heavy atom. The molecular formula is C20H29ClN2O5S. The van der Waals surface area contributed by atoms with E-state index in [1.807, 2.05) is 12.1 Å². The summed E-state index contributed by atoms with van der Waals surface area (Å²) in [4.78, 5) is 0.157. The Kier molecular flexibility index (Phi) is 9.67. The molecule has 0 bridgehead atoms. The number of benzene rings is 1. The molecule has 0 amide bonds. The first-order valence-corrected chi connectivity index (χ1v) is 11.7. The third kappa shape index (κ3) is 8.38. The van der Waals surface area contributed by atoms with Gasteiger partial charge in [-0.25, -0.2) is 13.6 Å². The van der Waals surface area contributed by atoms with E-state index in [1.54, 1.807) is 12.1 Å². The third-order valence-corrected chi connectivity index (χ3v) is 5.36. The summed E-state index contributed by atoms with van der Waals surface area (Å²) in [5.41, 5.74) is 5.07. The molecule has 0 fully saturated rings. The number of sulfonamides is 1. The summed E-state index contributed by atoms with van der Waals surface area (Å²) in [6.45, 7) is 11.9. The zero-order valence-corrected chi connectivity index (χ0v) is 19.0. The van der Waals surface area contributed by atoms with Gasteiger partial charge in [-0.2, -0.15) is 4.57 Å². The van der Waals surface area contributed by atoms with Gasteiger partial charge in [0.1, 0.15) is 0 Å². The average Bonchev–Trinajstić information content (AvgIpc) is 2.58. The number of hydrogen-bond acceptors (Lipinski definition) is 5. The van der Waals surface area contributed by atoms with Crippen molar-refractivity contribution in [2.24, 2.45) is 5.14 Å². The minimum atomic E-state index is -3.63. The highest BCUT2D eigenvalue weighted by molar-refractivity contribution is 7.89. The number of nitrogens with zero attached hydrogens (tertiary/aromatic N) is 1. The van der Waals surface area contributed by atoms with Gasteiger partial charge >= 0.3 is 0 Å². The normalized spacial score (nSPS) is 11.7. The number of rotatable bonds is 6. The van der Waals surface area contributed by atoms with Crippen LogP contribution >= 0.6 is 0 Å². The largest absolute Gasteiger partial charge is 0.357 e. The number of pyridine rings is 1. The van der Waals surface area contributed by atoms with Crippen LogP contribution in [0.2, 0.25) is 0 Å². The molecule has 0 atom stereocenters. The fourth-order valence-electron chi connectivity index (χ4n) is 3.11. The van der Waals surface area contributed by atoms with Crippen molar-refractivity contribution in [1.29, 1.82) is 0 Å². The van der Waals surface area contributed by atoms with Crippen LogP contribution in [0.5, 0.6) is 0 Å². The van der Waals surface area contributed by atoms with Crippen LogP contribution in [0.15, 0.2) is 41.3 Å². The maximum absolute atomic E-state index is 11.4. The first-order valence-electron chi connectivity index (χ1n) is 9.22. The first kappa shape index (κ1) is 25.5. The number of hydrogen-bond donors (Lipinski definition) is 1. The number of primary sulfonamides is 1. The lowest BCUT2D eigenvalue weighted by Gasteiger charge is -2.14. The Morgan fingerprint density at radius 3 is 1.72 bits per heavy atom. The second-order valence-corrected chi connectivity index (χ2v) is 9.41. The molecule has 0 aliphatic rings. The quantitative estimate of drug-likeness (QED) is 0.618. The second kappa shape index (κ2) is 11.0. The summed E-state index contributed by atoms with van der Waals surface area (Å²) in [5.74, 6) is 0.893. The zero-order chi connectivity index (χ0) is 22.4. The standard InChI is InChI=1S/C20H29N2O2S.ClO3/c1-14(2)19-12-16(5)13-20(15(3)4)22(19)11-10-17-6-8-18(9-7-17)25(21,23)24;2-1(3)4/h6-9,12-15H,10-11H2,1-5H3,(H2,21,23,24);/q+1;-1. The Balaban J connectivity index is 0.000000960. The first-order chi connectivity index (χ1) is 13.3. The maximum atomic E-state index is 11.4. The molecule has 0 aliphatic carbocycles. The van der Waals surface area contributed by atoms with Crippen LogP contribution in [0.4, 0.5) is 0 Å². The van der Waals surface area contributed by atoms with Crippen molar-refractivity contribution in [2.75, 3.05) is 0 Å². The van der Waals surface area contributed by atoms with Gasteiger partial charge in [0.15, 0.2) is 17.9 Å². The molecule has 0 radical (unpaired) electrons. The van der Waals surface area contributed by atoms with Crippen molar-refractivity contribution in [3.05, 3.63) is 58.9 Å². The van der Waals surface area contributed by atoms with Crippen molar-refractivity contribution < 1.29 is 37.7 Å². The van der Waals surface area contributed by atoms with Gasteiger partial charge in [0.2, 0.25) is 10.0 Å². The van der Waals surface area contributed by atoms with Gasteiger partial charge in [0, 0.05) is 30.4 Å². The zero-order valence-electron chi connectivity index (χ0n) is 17.4. The van der Waals surface area contributed by atoms with E-state index < -0.39 is 20.8 Å². The Bertz CT molecular complexity index is 866. The summed E-state index contributed by atoms with van der Waals surface area (Å²) >= 11 is 0. The van der Waals surface area contributed by atoms with Crippen LogP contribution in [0, 0.1) is 17.7 Å². The lowest BCUT2D eigenvalue weighted by molar-refractivity contribution is -1.73. The molecule has 2 aromatic rings. The SMILES string of the molecule is Cc1cc(C(C)C)[n+](CCc2ccc(S(N)(=O)=O)cc2)c(C(C)C)c1.[O-][Cl+2]([O-])[O-]. The van der Waals surface area contributed by atoms with E-state index in [0.29, 0.717) is 11.8 Å². The smallest absolute Gasteiger partial charge is 0.238 e. The topological polar surface area (TPSA) is 133 Å². The van der Waals surface area contributed by atoms with Crippen LogP contribution in [0.25, 0.3) is 0 Å². The summed E-state index contributed by atoms with van der Waals surface area (Å²) in [5, 5.41) is 5.16. The van der Waals surface area contributed by atoms with Crippen molar-refractivity contribution in [2.45, 2.75) is 64.3 Å². The summed E-state index contributed by atoms with van der Waals surface area (Å²) in [6, 6.07) is 11.4. The van der Waals surface area contributed by atoms with E-state index in [1.165, 1.54) is 17.0 Å². The van der Waals surface area contributed by atoms with E-state index in [2.05, 4.69) is 51.3 Å². The molecule has 29 heavy (non-hydrogen) atoms. The summed E-state index contributed by atoms with van der Waals surface area (Å²) in [7, 11) is -6.48. The third-order valence-electron chi connectivity index (χ3n) is 4.43. The minimum absolute atomic E-state index is 0.157. The van der Waals surface area contributed by atoms with E-state index in [9.17, 15) is 8.42 Å². The van der Waals surface area contributed by atoms with Crippen LogP contribution in [-0.2, 0) is 23.0 Å². The Hall–Kier alpha value is -1.55. The van der Waals surface area contributed by atoms with E-state index >= 15 is 0 Å². The number of aromatic nitrogens is 1. The van der Waals surface area contributed by atoms with Gasteiger partial charge in [-0.3, -0.25) is 0 Å². The lowest BCUT2D eigenvalue weighted by atomic mass is 10.0. The number of nitrogens with two attached hydrogens (primary N) is 1. The molecule has 9 heteroatoms. The Labute approximate surface area is 176 Å². The van der Waals surface area contributed by atoms with Gasteiger partial charge in [0.05, 0.1) is 15.7 Å². The molecule has 1 heterocycles. The van der Waals surface area contributed by atoms with Gasteiger partial charge in [-0.15, -0.1) is 0 Å². The second-order valence-electron chi connectivity index (χ2n) is 7.47. The lowest BCUT2D eigenvalue weighted by Crippen LogP contribution is -2.44. The van der Waals surface area contributed by atoms with Crippen molar-refractivity contribution in [1.82, 2.24) is 0 Å². The monoisotopic (exact) mass is 444 g/mol. The highest BCUT2D eigenvalue weighted by Gasteiger charge is 2.22. The summed E-state index contributed by atoms with van der Waals surface area (Å²) in [6.07, 6.45) is 0.845. The average molecular weight is 445 g/mol. The fraction of sp³-hybridized carbons (Fsp3) is 0.450. The highest BCUT2D eigenvalue weighted by atomic mass is 35.6. The molecule has 1 aromatic heterocycles. The molecule has 2 N–H and O–H groups in total. The Morgan fingerprint density at radius 2 is 1.38 bits per heavy atom. The predicted molar refractivity (Wildman–Crippen MR) is 101 cm³/mol. The summed E-state index contributed by atoms with van der Waals surface area (Å²) < 4.78 is 50.4. The van der Waals surface area contributed by atoms with Crippen LogP contribution in [-0.4, -0.2) is 8.42 Å². The molecule has 0 saturated carbocycles. The van der Waals surface area contributed by atoms with E-state index in [0.717, 1.165) is 18.5 Å².